The smallest absolute Gasteiger partial charge is 0.241 e. The van der Waals surface area contributed by atoms with Gasteiger partial charge in [-0.1, -0.05) is 46.4 Å². The van der Waals surface area contributed by atoms with Gasteiger partial charge in [0.1, 0.15) is 11.8 Å². The SMILES string of the molecule is N[C@H]1CCCN(C(=O)CNc2cc(Cl)cc(Cl)c2)C1.O=C(CNc1cc(Cl)cc(Cl)c1)N1CCC[C@H](Nc2ncnc3nc[nH]c23)C1. The Morgan fingerprint density at radius 1 is 0.787 bits per heavy atom. The number of anilines is 3. The summed E-state index contributed by atoms with van der Waals surface area (Å²) in [4.78, 5) is 43.9. The summed E-state index contributed by atoms with van der Waals surface area (Å²) in [6.07, 6.45) is 6.91. The molecule has 2 aliphatic rings. The number of aromatic amines is 1. The standard InChI is InChI=1S/C18H19Cl2N7O.C13H17Cl2N3O/c19-11-4-12(20)6-14(5-11)21-7-15(28)27-3-1-2-13(8-27)26-18-16-17(23-9-22-16)24-10-25-18;14-9-4-10(15)6-12(5-9)17-7-13(19)18-3-1-2-11(16)8-18/h4-6,9-10,13,21H,1-3,7-8H2,(H2,22,23,24,25,26);4-6,11,17H,1-3,7-8,16H2/t13-;11-/m00/s1. The first-order valence-electron chi connectivity index (χ1n) is 15.2. The molecule has 47 heavy (non-hydrogen) atoms. The quantitative estimate of drug-likeness (QED) is 0.158. The molecule has 0 unspecified atom stereocenters. The zero-order valence-corrected chi connectivity index (χ0v) is 28.5. The van der Waals surface area contributed by atoms with Crippen LogP contribution in [0, 0.1) is 0 Å². The molecule has 0 aliphatic carbocycles. The Morgan fingerprint density at radius 2 is 1.34 bits per heavy atom. The summed E-state index contributed by atoms with van der Waals surface area (Å²) in [5.74, 6) is 0.775. The Labute approximate surface area is 292 Å². The van der Waals surface area contributed by atoms with Crippen LogP contribution in [-0.4, -0.2) is 92.9 Å². The van der Waals surface area contributed by atoms with Gasteiger partial charge in [0.05, 0.1) is 19.4 Å². The molecule has 6 N–H and O–H groups in total. The largest absolute Gasteiger partial charge is 0.376 e. The van der Waals surface area contributed by atoms with Crippen molar-refractivity contribution in [2.45, 2.75) is 37.8 Å². The molecule has 0 radical (unpaired) electrons. The summed E-state index contributed by atoms with van der Waals surface area (Å²) < 4.78 is 0. The molecule has 0 bridgehead atoms. The second-order valence-corrected chi connectivity index (χ2v) is 13.2. The van der Waals surface area contributed by atoms with Gasteiger partial charge in [-0.15, -0.1) is 0 Å². The van der Waals surface area contributed by atoms with E-state index < -0.39 is 0 Å². The second kappa shape index (κ2) is 16.5. The minimum Gasteiger partial charge on any atom is -0.376 e. The topological polar surface area (TPSA) is 157 Å². The Kier molecular flexibility index (Phi) is 12.2. The van der Waals surface area contributed by atoms with Gasteiger partial charge in [0, 0.05) is 69.7 Å². The molecule has 2 aromatic carbocycles. The highest BCUT2D eigenvalue weighted by molar-refractivity contribution is 6.35. The van der Waals surface area contributed by atoms with Crippen LogP contribution < -0.4 is 21.7 Å². The third-order valence-corrected chi connectivity index (χ3v) is 8.63. The third kappa shape index (κ3) is 10.2. The normalized spacial score (nSPS) is 17.9. The number of carbonyl (C=O) groups is 2. The Morgan fingerprint density at radius 3 is 1.91 bits per heavy atom. The molecule has 2 aliphatic heterocycles. The van der Waals surface area contributed by atoms with E-state index in [0.29, 0.717) is 44.6 Å². The number of benzene rings is 2. The number of amides is 2. The highest BCUT2D eigenvalue weighted by Crippen LogP contribution is 2.24. The van der Waals surface area contributed by atoms with Crippen molar-refractivity contribution in [3.05, 3.63) is 69.1 Å². The van der Waals surface area contributed by atoms with Crippen LogP contribution in [-0.2, 0) is 9.59 Å². The minimum atomic E-state index is 0.0250. The van der Waals surface area contributed by atoms with Gasteiger partial charge < -0.3 is 36.5 Å². The lowest BCUT2D eigenvalue weighted by molar-refractivity contribution is -0.131. The number of fused-ring (bicyclic) bond motifs is 1. The van der Waals surface area contributed by atoms with E-state index in [9.17, 15) is 9.59 Å². The van der Waals surface area contributed by atoms with E-state index in [1.54, 1.807) is 47.6 Å². The number of aromatic nitrogens is 4. The van der Waals surface area contributed by atoms with Crippen LogP contribution in [0.3, 0.4) is 0 Å². The van der Waals surface area contributed by atoms with Gasteiger partial charge in [-0.05, 0) is 62.1 Å². The monoisotopic (exact) mass is 720 g/mol. The Bertz CT molecular complexity index is 1650. The average Bonchev–Trinajstić information content (AvgIpc) is 3.52. The molecule has 2 amide bonds. The minimum absolute atomic E-state index is 0.0250. The van der Waals surface area contributed by atoms with E-state index in [0.717, 1.165) is 55.7 Å². The summed E-state index contributed by atoms with van der Waals surface area (Å²) in [5.41, 5.74) is 8.71. The maximum atomic E-state index is 12.6. The molecule has 2 aromatic heterocycles. The van der Waals surface area contributed by atoms with Gasteiger partial charge in [-0.3, -0.25) is 9.59 Å². The molecular formula is C31H36Cl4N10O2. The van der Waals surface area contributed by atoms with Crippen molar-refractivity contribution in [3.63, 3.8) is 0 Å². The summed E-state index contributed by atoms with van der Waals surface area (Å²) in [6, 6.07) is 10.5. The molecule has 250 valence electrons. The Hall–Kier alpha value is -3.55. The van der Waals surface area contributed by atoms with E-state index in [1.807, 2.05) is 4.90 Å². The number of piperidine rings is 2. The number of likely N-dealkylation sites (tertiary alicyclic amines) is 2. The molecule has 2 fully saturated rings. The van der Waals surface area contributed by atoms with Gasteiger partial charge in [0.25, 0.3) is 0 Å². The number of nitrogens with two attached hydrogens (primary N) is 1. The lowest BCUT2D eigenvalue weighted by Gasteiger charge is -2.33. The number of imidazole rings is 1. The summed E-state index contributed by atoms with van der Waals surface area (Å²) in [6.45, 7) is 3.17. The van der Waals surface area contributed by atoms with Crippen LogP contribution in [0.15, 0.2) is 49.1 Å². The van der Waals surface area contributed by atoms with Crippen LogP contribution >= 0.6 is 46.4 Å². The zero-order valence-electron chi connectivity index (χ0n) is 25.5. The molecule has 6 rings (SSSR count). The van der Waals surface area contributed by atoms with Crippen molar-refractivity contribution >= 4 is 86.6 Å². The number of hydrogen-bond donors (Lipinski definition) is 5. The fourth-order valence-electron chi connectivity index (χ4n) is 5.52. The van der Waals surface area contributed by atoms with Crippen molar-refractivity contribution in [3.8, 4) is 0 Å². The second-order valence-electron chi connectivity index (χ2n) is 11.4. The van der Waals surface area contributed by atoms with Crippen molar-refractivity contribution in [1.29, 1.82) is 0 Å². The number of nitrogens with zero attached hydrogens (tertiary/aromatic N) is 5. The maximum absolute atomic E-state index is 12.6. The molecular weight excluding hydrogens is 686 g/mol. The van der Waals surface area contributed by atoms with E-state index in [4.69, 9.17) is 52.1 Å². The third-order valence-electron chi connectivity index (χ3n) is 7.76. The molecule has 16 heteroatoms. The number of hydrogen-bond acceptors (Lipinski definition) is 9. The van der Waals surface area contributed by atoms with Crippen LogP contribution in [0.1, 0.15) is 25.7 Å². The highest BCUT2D eigenvalue weighted by Gasteiger charge is 2.25. The predicted octanol–water partition coefficient (Wildman–Crippen LogP) is 5.53. The van der Waals surface area contributed by atoms with E-state index in [1.165, 1.54) is 6.33 Å². The highest BCUT2D eigenvalue weighted by atomic mass is 35.5. The first-order valence-corrected chi connectivity index (χ1v) is 16.8. The molecule has 2 saturated heterocycles. The molecule has 0 spiro atoms. The van der Waals surface area contributed by atoms with E-state index in [2.05, 4.69) is 35.9 Å². The number of nitrogens with one attached hydrogen (secondary N) is 4. The van der Waals surface area contributed by atoms with Gasteiger partial charge in [0.15, 0.2) is 11.5 Å². The van der Waals surface area contributed by atoms with Gasteiger partial charge >= 0.3 is 0 Å². The number of H-pyrrole nitrogens is 1. The Balaban J connectivity index is 0.000000199. The zero-order chi connectivity index (χ0) is 33.3. The van der Waals surface area contributed by atoms with Crippen molar-refractivity contribution in [1.82, 2.24) is 29.7 Å². The summed E-state index contributed by atoms with van der Waals surface area (Å²) in [7, 11) is 0. The number of halogens is 4. The van der Waals surface area contributed by atoms with Crippen LogP contribution in [0.2, 0.25) is 20.1 Å². The number of rotatable bonds is 8. The summed E-state index contributed by atoms with van der Waals surface area (Å²) >= 11 is 23.8. The molecule has 0 saturated carbocycles. The van der Waals surface area contributed by atoms with Crippen molar-refractivity contribution in [2.24, 2.45) is 5.73 Å². The van der Waals surface area contributed by atoms with E-state index in [-0.39, 0.29) is 37.0 Å². The van der Waals surface area contributed by atoms with Crippen molar-refractivity contribution < 1.29 is 9.59 Å². The molecule has 12 nitrogen and oxygen atoms in total. The van der Waals surface area contributed by atoms with Gasteiger partial charge in [0.2, 0.25) is 11.8 Å². The van der Waals surface area contributed by atoms with Crippen LogP contribution in [0.4, 0.5) is 17.2 Å². The lowest BCUT2D eigenvalue weighted by Crippen LogP contribution is -2.47. The molecule has 2 atom stereocenters. The fraction of sp³-hybridized carbons (Fsp3) is 0.387. The predicted molar refractivity (Wildman–Crippen MR) is 189 cm³/mol. The van der Waals surface area contributed by atoms with Gasteiger partial charge in [-0.25, -0.2) is 15.0 Å². The molecule has 4 heterocycles. The number of carbonyl (C=O) groups excluding carboxylic acids is 2. The average molecular weight is 723 g/mol. The van der Waals surface area contributed by atoms with Gasteiger partial charge in [-0.2, -0.15) is 0 Å². The van der Waals surface area contributed by atoms with E-state index >= 15 is 0 Å². The first kappa shape index (κ1) is 34.8. The van der Waals surface area contributed by atoms with Crippen LogP contribution in [0.5, 0.6) is 0 Å². The first-order chi connectivity index (χ1) is 22.6. The fourth-order valence-corrected chi connectivity index (χ4v) is 6.57. The lowest BCUT2D eigenvalue weighted by atomic mass is 10.1. The molecule has 4 aromatic rings. The van der Waals surface area contributed by atoms with Crippen molar-refractivity contribution in [2.75, 3.05) is 55.2 Å². The van der Waals surface area contributed by atoms with Crippen LogP contribution in [0.25, 0.3) is 11.2 Å². The summed E-state index contributed by atoms with van der Waals surface area (Å²) in [5, 5.41) is 11.7. The maximum Gasteiger partial charge on any atom is 0.241 e.